The number of ether oxygens (including phenoxy) is 3. The number of rotatable bonds is 6. The highest BCUT2D eigenvalue weighted by molar-refractivity contribution is 6.17. The van der Waals surface area contributed by atoms with E-state index in [2.05, 4.69) is 0 Å². The maximum absolute atomic E-state index is 12.0. The van der Waals surface area contributed by atoms with Gasteiger partial charge in [-0.1, -0.05) is 6.07 Å². The van der Waals surface area contributed by atoms with Gasteiger partial charge in [-0.2, -0.15) is 0 Å². The predicted molar refractivity (Wildman–Crippen MR) is 87.5 cm³/mol. The van der Waals surface area contributed by atoms with Gasteiger partial charge in [-0.05, 0) is 41.5 Å². The third-order valence-electron chi connectivity index (χ3n) is 3.30. The first kappa shape index (κ1) is 17.1. The summed E-state index contributed by atoms with van der Waals surface area (Å²) < 4.78 is 15.1. The molecule has 0 saturated heterocycles. The van der Waals surface area contributed by atoms with E-state index in [-0.39, 0.29) is 0 Å². The summed E-state index contributed by atoms with van der Waals surface area (Å²) in [4.78, 5) is 23.6. The molecule has 0 N–H and O–H groups in total. The molecule has 0 unspecified atom stereocenters. The van der Waals surface area contributed by atoms with E-state index >= 15 is 0 Å². The lowest BCUT2D eigenvalue weighted by Gasteiger charge is -2.12. The van der Waals surface area contributed by atoms with Crippen molar-refractivity contribution in [1.29, 1.82) is 0 Å². The van der Waals surface area contributed by atoms with Gasteiger partial charge < -0.3 is 14.2 Å². The van der Waals surface area contributed by atoms with E-state index in [1.54, 1.807) is 30.3 Å². The second kappa shape index (κ2) is 7.83. The quantitative estimate of drug-likeness (QED) is 0.459. The molecule has 0 aliphatic heterocycles. The number of alkyl halides is 1. The van der Waals surface area contributed by atoms with Crippen molar-refractivity contribution in [3.05, 3.63) is 41.5 Å². The smallest absolute Gasteiger partial charge is 0.341 e. The summed E-state index contributed by atoms with van der Waals surface area (Å²) >= 11 is 5.64. The van der Waals surface area contributed by atoms with Crippen LogP contribution in [-0.4, -0.2) is 38.6 Å². The maximum Gasteiger partial charge on any atom is 0.341 e. The number of benzene rings is 2. The van der Waals surface area contributed by atoms with Gasteiger partial charge in [0.05, 0.1) is 26.4 Å². The van der Waals surface area contributed by atoms with Crippen LogP contribution in [0.5, 0.6) is 5.75 Å². The molecule has 0 aliphatic carbocycles. The lowest BCUT2D eigenvalue weighted by molar-refractivity contribution is 0.0590. The number of carbonyl (C=O) groups is 2. The number of esters is 2. The molecule has 0 amide bonds. The highest BCUT2D eigenvalue weighted by Crippen LogP contribution is 2.28. The third-order valence-corrected chi connectivity index (χ3v) is 3.57. The number of hydrogen-bond donors (Lipinski definition) is 0. The third kappa shape index (κ3) is 3.93. The molecular formula is C17H17ClO5. The monoisotopic (exact) mass is 336 g/mol. The van der Waals surface area contributed by atoms with E-state index in [1.165, 1.54) is 14.2 Å². The van der Waals surface area contributed by atoms with Gasteiger partial charge in [0, 0.05) is 5.88 Å². The molecule has 2 rings (SSSR count). The first-order chi connectivity index (χ1) is 11.1. The Morgan fingerprint density at radius 1 is 1.00 bits per heavy atom. The minimum Gasteiger partial charge on any atom is -0.493 e. The zero-order valence-electron chi connectivity index (χ0n) is 12.9. The first-order valence-corrected chi connectivity index (χ1v) is 7.57. The van der Waals surface area contributed by atoms with Gasteiger partial charge in [-0.25, -0.2) is 9.59 Å². The molecule has 0 bridgehead atoms. The lowest BCUT2D eigenvalue weighted by Crippen LogP contribution is -2.07. The topological polar surface area (TPSA) is 61.8 Å². The highest BCUT2D eigenvalue weighted by Gasteiger charge is 2.16. The Kier molecular flexibility index (Phi) is 5.82. The molecule has 6 heteroatoms. The van der Waals surface area contributed by atoms with E-state index in [4.69, 9.17) is 25.8 Å². The van der Waals surface area contributed by atoms with E-state index in [0.717, 1.165) is 10.8 Å². The number of carbonyl (C=O) groups excluding carboxylic acids is 2. The molecule has 2 aromatic carbocycles. The molecule has 23 heavy (non-hydrogen) atoms. The second-order valence-electron chi connectivity index (χ2n) is 4.78. The summed E-state index contributed by atoms with van der Waals surface area (Å²) in [6.45, 7) is 0.402. The van der Waals surface area contributed by atoms with Crippen molar-refractivity contribution in [3.8, 4) is 5.75 Å². The van der Waals surface area contributed by atoms with E-state index in [9.17, 15) is 9.59 Å². The highest BCUT2D eigenvalue weighted by atomic mass is 35.5. The average Bonchev–Trinajstić information content (AvgIpc) is 2.59. The fourth-order valence-electron chi connectivity index (χ4n) is 2.15. The Labute approximate surface area is 139 Å². The van der Waals surface area contributed by atoms with Crippen molar-refractivity contribution in [1.82, 2.24) is 0 Å². The van der Waals surface area contributed by atoms with Crippen LogP contribution >= 0.6 is 11.6 Å². The van der Waals surface area contributed by atoms with Gasteiger partial charge in [0.1, 0.15) is 11.3 Å². The Balaban J connectivity index is 2.48. The average molecular weight is 337 g/mol. The Morgan fingerprint density at radius 2 is 1.74 bits per heavy atom. The van der Waals surface area contributed by atoms with Crippen LogP contribution in [0.15, 0.2) is 30.3 Å². The van der Waals surface area contributed by atoms with Crippen LogP contribution in [0.3, 0.4) is 0 Å². The number of hydrogen-bond acceptors (Lipinski definition) is 5. The largest absolute Gasteiger partial charge is 0.493 e. The standard InChI is InChI=1S/C17H17ClO5/c1-21-16(19)12-5-4-11-10-15(23-7-3-6-18)14(17(20)22-2)9-13(11)8-12/h4-5,8-10H,3,6-7H2,1-2H3. The van der Waals surface area contributed by atoms with E-state index in [1.807, 2.05) is 0 Å². The Hall–Kier alpha value is -2.27. The fourth-order valence-corrected chi connectivity index (χ4v) is 2.26. The minimum atomic E-state index is -0.503. The zero-order valence-corrected chi connectivity index (χ0v) is 13.7. The van der Waals surface area contributed by atoms with Crippen LogP contribution in [0, 0.1) is 0 Å². The summed E-state index contributed by atoms with van der Waals surface area (Å²) in [5, 5.41) is 1.56. The molecule has 0 heterocycles. The summed E-state index contributed by atoms with van der Waals surface area (Å²) in [7, 11) is 2.63. The molecule has 5 nitrogen and oxygen atoms in total. The van der Waals surface area contributed by atoms with Crippen molar-refractivity contribution in [2.24, 2.45) is 0 Å². The fraction of sp³-hybridized carbons (Fsp3) is 0.294. The van der Waals surface area contributed by atoms with Crippen LogP contribution < -0.4 is 4.74 Å². The zero-order chi connectivity index (χ0) is 16.8. The number of methoxy groups -OCH3 is 2. The molecule has 0 saturated carbocycles. The summed E-state index contributed by atoms with van der Waals surface area (Å²) in [6.07, 6.45) is 0.668. The molecule has 2 aromatic rings. The summed E-state index contributed by atoms with van der Waals surface area (Å²) in [6, 6.07) is 8.49. The number of fused-ring (bicyclic) bond motifs is 1. The van der Waals surface area contributed by atoms with Crippen LogP contribution in [0.1, 0.15) is 27.1 Å². The van der Waals surface area contributed by atoms with Gasteiger partial charge in [0.25, 0.3) is 0 Å². The van der Waals surface area contributed by atoms with Crippen molar-refractivity contribution in [2.45, 2.75) is 6.42 Å². The molecule has 0 fully saturated rings. The number of halogens is 1. The van der Waals surface area contributed by atoms with Gasteiger partial charge in [-0.15, -0.1) is 11.6 Å². The van der Waals surface area contributed by atoms with Gasteiger partial charge in [0.2, 0.25) is 0 Å². The second-order valence-corrected chi connectivity index (χ2v) is 5.16. The first-order valence-electron chi connectivity index (χ1n) is 7.04. The Morgan fingerprint density at radius 3 is 2.39 bits per heavy atom. The van der Waals surface area contributed by atoms with Crippen LogP contribution in [-0.2, 0) is 9.47 Å². The van der Waals surface area contributed by atoms with Crippen LogP contribution in [0.25, 0.3) is 10.8 Å². The minimum absolute atomic E-state index is 0.302. The van der Waals surface area contributed by atoms with Gasteiger partial charge in [0.15, 0.2) is 0 Å². The van der Waals surface area contributed by atoms with Crippen molar-refractivity contribution in [2.75, 3.05) is 26.7 Å². The van der Waals surface area contributed by atoms with Crippen molar-refractivity contribution < 1.29 is 23.8 Å². The molecule has 122 valence electrons. The molecule has 0 radical (unpaired) electrons. The SMILES string of the molecule is COC(=O)c1ccc2cc(OCCCCl)c(C(=O)OC)cc2c1. The summed E-state index contributed by atoms with van der Waals surface area (Å²) in [5.41, 5.74) is 0.711. The summed E-state index contributed by atoms with van der Waals surface area (Å²) in [5.74, 6) is -0.0330. The van der Waals surface area contributed by atoms with Crippen LogP contribution in [0.2, 0.25) is 0 Å². The van der Waals surface area contributed by atoms with Crippen molar-refractivity contribution >= 4 is 34.3 Å². The maximum atomic E-state index is 12.0. The lowest BCUT2D eigenvalue weighted by atomic mass is 10.0. The van der Waals surface area contributed by atoms with Gasteiger partial charge in [-0.3, -0.25) is 0 Å². The normalized spacial score (nSPS) is 10.4. The molecule has 0 aliphatic rings. The van der Waals surface area contributed by atoms with E-state index in [0.29, 0.717) is 35.8 Å². The van der Waals surface area contributed by atoms with E-state index < -0.39 is 11.9 Å². The van der Waals surface area contributed by atoms with Gasteiger partial charge >= 0.3 is 11.9 Å². The van der Waals surface area contributed by atoms with Crippen molar-refractivity contribution in [3.63, 3.8) is 0 Å². The Bertz CT molecular complexity index is 726. The molecule has 0 aromatic heterocycles. The molecular weight excluding hydrogens is 320 g/mol. The molecule has 0 atom stereocenters. The molecule has 0 spiro atoms. The van der Waals surface area contributed by atoms with Crippen LogP contribution in [0.4, 0.5) is 0 Å². The predicted octanol–water partition coefficient (Wildman–Crippen LogP) is 3.42.